The first-order valence-corrected chi connectivity index (χ1v) is 9.34. The number of imide groups is 1. The van der Waals surface area contributed by atoms with Crippen LogP contribution >= 0.6 is 0 Å². The van der Waals surface area contributed by atoms with Crippen LogP contribution in [0.4, 0.5) is 5.69 Å². The number of Topliss-reactive ketones (excluding diaryl/α,β-unsaturated/α-hetero) is 1. The van der Waals surface area contributed by atoms with Crippen LogP contribution in [-0.2, 0) is 9.59 Å². The van der Waals surface area contributed by atoms with Crippen LogP contribution in [0.1, 0.15) is 36.0 Å². The average Bonchev–Trinajstić information content (AvgIpc) is 2.98. The first kappa shape index (κ1) is 17.5. The minimum atomic E-state index is -0.185. The zero-order valence-corrected chi connectivity index (χ0v) is 15.0. The van der Waals surface area contributed by atoms with E-state index in [-0.39, 0.29) is 36.0 Å². The lowest BCUT2D eigenvalue weighted by molar-refractivity contribution is -0.122. The number of hydrogen-bond acceptors (Lipinski definition) is 4. The molecule has 2 aliphatic rings. The van der Waals surface area contributed by atoms with E-state index in [1.807, 2.05) is 6.07 Å². The highest BCUT2D eigenvalue weighted by Gasteiger charge is 2.48. The summed E-state index contributed by atoms with van der Waals surface area (Å²) in [4.78, 5) is 38.9. The van der Waals surface area contributed by atoms with E-state index in [1.165, 1.54) is 4.90 Å². The minimum absolute atomic E-state index is 0.0966. The first-order valence-electron chi connectivity index (χ1n) is 9.34. The molecule has 0 aromatic heterocycles. The van der Waals surface area contributed by atoms with Gasteiger partial charge in [-0.25, -0.2) is 4.90 Å². The van der Waals surface area contributed by atoms with Crippen molar-refractivity contribution in [2.45, 2.75) is 25.7 Å². The van der Waals surface area contributed by atoms with E-state index in [2.05, 4.69) is 0 Å². The number of carbonyl (C=O) groups is 3. The Bertz CT molecular complexity index is 853. The van der Waals surface area contributed by atoms with Crippen LogP contribution in [0.15, 0.2) is 54.6 Å². The summed E-state index contributed by atoms with van der Waals surface area (Å²) in [6.45, 7) is -0.0966. The Morgan fingerprint density at radius 2 is 1.59 bits per heavy atom. The summed E-state index contributed by atoms with van der Waals surface area (Å²) < 4.78 is 5.61. The maximum Gasteiger partial charge on any atom is 0.237 e. The van der Waals surface area contributed by atoms with Crippen LogP contribution in [0.2, 0.25) is 0 Å². The van der Waals surface area contributed by atoms with Gasteiger partial charge in [-0.3, -0.25) is 14.4 Å². The monoisotopic (exact) mass is 363 g/mol. The molecule has 2 amide bonds. The summed E-state index contributed by atoms with van der Waals surface area (Å²) >= 11 is 0. The highest BCUT2D eigenvalue weighted by atomic mass is 16.5. The van der Waals surface area contributed by atoms with E-state index in [4.69, 9.17) is 4.74 Å². The summed E-state index contributed by atoms with van der Waals surface area (Å²) in [5.74, 6) is -0.247. The third-order valence-electron chi connectivity index (χ3n) is 5.38. The molecule has 0 spiro atoms. The quantitative estimate of drug-likeness (QED) is 0.601. The molecule has 0 radical (unpaired) electrons. The molecule has 2 atom stereocenters. The molecule has 138 valence electrons. The van der Waals surface area contributed by atoms with Gasteiger partial charge < -0.3 is 4.74 Å². The Balaban J connectivity index is 1.49. The summed E-state index contributed by atoms with van der Waals surface area (Å²) in [5.41, 5.74) is 1.10. The van der Waals surface area contributed by atoms with Crippen molar-refractivity contribution in [3.8, 4) is 5.75 Å². The van der Waals surface area contributed by atoms with Crippen molar-refractivity contribution in [1.82, 2.24) is 0 Å². The molecule has 5 heteroatoms. The van der Waals surface area contributed by atoms with E-state index in [9.17, 15) is 14.4 Å². The van der Waals surface area contributed by atoms with Crippen LogP contribution in [0.3, 0.4) is 0 Å². The van der Waals surface area contributed by atoms with Gasteiger partial charge in [-0.15, -0.1) is 0 Å². The molecular formula is C22H21NO4. The molecule has 0 bridgehead atoms. The van der Waals surface area contributed by atoms with Gasteiger partial charge in [0.15, 0.2) is 12.4 Å². The van der Waals surface area contributed by atoms with E-state index in [0.717, 1.165) is 25.7 Å². The van der Waals surface area contributed by atoms with Crippen molar-refractivity contribution in [3.05, 3.63) is 60.2 Å². The number of hydrogen-bond donors (Lipinski definition) is 0. The topological polar surface area (TPSA) is 63.7 Å². The van der Waals surface area contributed by atoms with Gasteiger partial charge in [0.05, 0.1) is 17.5 Å². The molecule has 2 aromatic rings. The lowest BCUT2D eigenvalue weighted by Crippen LogP contribution is -2.30. The van der Waals surface area contributed by atoms with Crippen molar-refractivity contribution in [3.63, 3.8) is 0 Å². The van der Waals surface area contributed by atoms with Crippen LogP contribution in [-0.4, -0.2) is 24.2 Å². The summed E-state index contributed by atoms with van der Waals surface area (Å²) in [7, 11) is 0. The lowest BCUT2D eigenvalue weighted by atomic mass is 9.81. The SMILES string of the molecule is O=C(COc1cccc(N2C(=O)[C@H]3CCCC[C@H]3C2=O)c1)c1ccccc1. The molecule has 0 unspecified atom stereocenters. The number of amides is 2. The molecule has 27 heavy (non-hydrogen) atoms. The number of ketones is 1. The number of fused-ring (bicyclic) bond motifs is 1. The fraction of sp³-hybridized carbons (Fsp3) is 0.318. The number of anilines is 1. The summed E-state index contributed by atoms with van der Waals surface area (Å²) in [5, 5.41) is 0. The first-order chi connectivity index (χ1) is 13.1. The maximum absolute atomic E-state index is 12.7. The Hall–Kier alpha value is -2.95. The molecule has 1 aliphatic heterocycles. The summed E-state index contributed by atoms with van der Waals surface area (Å²) in [6.07, 6.45) is 3.57. The standard InChI is InChI=1S/C22H21NO4/c24-20(15-7-2-1-3-8-15)14-27-17-10-6-9-16(13-17)23-21(25)18-11-4-5-12-19(18)22(23)26/h1-3,6-10,13,18-19H,4-5,11-12,14H2/t18-,19+. The molecule has 2 fully saturated rings. The van der Waals surface area contributed by atoms with Gasteiger partial charge in [0.25, 0.3) is 0 Å². The summed E-state index contributed by atoms with van der Waals surface area (Å²) in [6, 6.07) is 15.8. The molecule has 5 nitrogen and oxygen atoms in total. The Morgan fingerprint density at radius 3 is 2.26 bits per heavy atom. The van der Waals surface area contributed by atoms with E-state index >= 15 is 0 Å². The average molecular weight is 363 g/mol. The fourth-order valence-electron chi connectivity index (χ4n) is 3.99. The molecule has 1 heterocycles. The van der Waals surface area contributed by atoms with Gasteiger partial charge in [0.1, 0.15) is 5.75 Å². The predicted octanol–water partition coefficient (Wildman–Crippen LogP) is 3.63. The molecule has 1 aliphatic carbocycles. The predicted molar refractivity (Wildman–Crippen MR) is 101 cm³/mol. The van der Waals surface area contributed by atoms with Gasteiger partial charge in [-0.2, -0.15) is 0 Å². The minimum Gasteiger partial charge on any atom is -0.485 e. The number of ether oxygens (including phenoxy) is 1. The molecule has 1 saturated carbocycles. The number of nitrogens with zero attached hydrogens (tertiary/aromatic N) is 1. The highest BCUT2D eigenvalue weighted by Crippen LogP contribution is 2.40. The van der Waals surface area contributed by atoms with Crippen molar-refractivity contribution in [1.29, 1.82) is 0 Å². The van der Waals surface area contributed by atoms with Crippen LogP contribution in [0.25, 0.3) is 0 Å². The molecular weight excluding hydrogens is 342 g/mol. The second kappa shape index (κ2) is 7.35. The Labute approximate surface area is 157 Å². The molecule has 1 saturated heterocycles. The van der Waals surface area contributed by atoms with E-state index in [1.54, 1.807) is 48.5 Å². The highest BCUT2D eigenvalue weighted by molar-refractivity contribution is 6.22. The zero-order chi connectivity index (χ0) is 18.8. The van der Waals surface area contributed by atoms with Crippen molar-refractivity contribution in [2.24, 2.45) is 11.8 Å². The van der Waals surface area contributed by atoms with Gasteiger partial charge in [-0.05, 0) is 25.0 Å². The number of rotatable bonds is 5. The lowest BCUT2D eigenvalue weighted by Gasteiger charge is -2.19. The van der Waals surface area contributed by atoms with Crippen molar-refractivity contribution in [2.75, 3.05) is 11.5 Å². The third kappa shape index (κ3) is 3.37. The van der Waals surface area contributed by atoms with E-state index < -0.39 is 0 Å². The van der Waals surface area contributed by atoms with Gasteiger partial charge in [0.2, 0.25) is 11.8 Å². The Kier molecular flexibility index (Phi) is 4.75. The second-order valence-electron chi connectivity index (χ2n) is 7.08. The van der Waals surface area contributed by atoms with E-state index in [0.29, 0.717) is 17.0 Å². The van der Waals surface area contributed by atoms with Gasteiger partial charge >= 0.3 is 0 Å². The van der Waals surface area contributed by atoms with Crippen LogP contribution in [0, 0.1) is 11.8 Å². The maximum atomic E-state index is 12.7. The van der Waals surface area contributed by atoms with Crippen molar-refractivity contribution < 1.29 is 19.1 Å². The zero-order valence-electron chi connectivity index (χ0n) is 15.0. The van der Waals surface area contributed by atoms with Crippen molar-refractivity contribution >= 4 is 23.3 Å². The Morgan fingerprint density at radius 1 is 0.926 bits per heavy atom. The smallest absolute Gasteiger partial charge is 0.237 e. The second-order valence-corrected chi connectivity index (χ2v) is 7.08. The van der Waals surface area contributed by atoms with Gasteiger partial charge in [-0.1, -0.05) is 49.2 Å². The fourth-order valence-corrected chi connectivity index (χ4v) is 3.99. The number of carbonyl (C=O) groups excluding carboxylic acids is 3. The number of benzene rings is 2. The molecule has 2 aromatic carbocycles. The van der Waals surface area contributed by atoms with Crippen LogP contribution in [0.5, 0.6) is 5.75 Å². The van der Waals surface area contributed by atoms with Gasteiger partial charge in [0, 0.05) is 11.6 Å². The largest absolute Gasteiger partial charge is 0.485 e. The van der Waals surface area contributed by atoms with Crippen LogP contribution < -0.4 is 9.64 Å². The third-order valence-corrected chi connectivity index (χ3v) is 5.38. The molecule has 4 rings (SSSR count). The molecule has 0 N–H and O–H groups in total. The normalized spacial score (nSPS) is 21.9.